The number of hydrogen-bond donors (Lipinski definition) is 2. The van der Waals surface area contributed by atoms with Crippen LogP contribution in [0.15, 0.2) is 48.5 Å². The normalized spacial score (nSPS) is 13.4. The summed E-state index contributed by atoms with van der Waals surface area (Å²) in [5.74, 6) is -1.65. The Morgan fingerprint density at radius 2 is 0.959 bits per heavy atom. The number of carbonyl (C=O) groups excluding carboxylic acids is 5. The Labute approximate surface area is 290 Å². The highest BCUT2D eigenvalue weighted by Crippen LogP contribution is 2.24. The van der Waals surface area contributed by atoms with Gasteiger partial charge in [-0.15, -0.1) is 0 Å². The summed E-state index contributed by atoms with van der Waals surface area (Å²) in [7, 11) is 0. The number of benzene rings is 2. The molecule has 270 valence electrons. The molecule has 0 heterocycles. The van der Waals surface area contributed by atoms with Crippen molar-refractivity contribution in [3.63, 3.8) is 0 Å². The zero-order valence-electron chi connectivity index (χ0n) is 31.1. The monoisotopic (exact) mass is 682 g/mol. The van der Waals surface area contributed by atoms with Gasteiger partial charge in [0.15, 0.2) is 12.4 Å². The predicted molar refractivity (Wildman–Crippen MR) is 187 cm³/mol. The van der Waals surface area contributed by atoms with Crippen LogP contribution < -0.4 is 10.6 Å². The van der Waals surface area contributed by atoms with Gasteiger partial charge in [0.1, 0.15) is 23.3 Å². The summed E-state index contributed by atoms with van der Waals surface area (Å²) in [5.41, 5.74) is 0.413. The lowest BCUT2D eigenvalue weighted by molar-refractivity contribution is -0.149. The number of hydrogen-bond acceptors (Lipinski definition) is 9. The van der Waals surface area contributed by atoms with Gasteiger partial charge in [-0.3, -0.25) is 4.79 Å². The van der Waals surface area contributed by atoms with Crippen molar-refractivity contribution in [1.29, 1.82) is 0 Å². The topological polar surface area (TPSA) is 146 Å². The SMILES string of the molecule is CC(C)(C)OC(=O)N[C@H](C(=O)OCCc1ccc(-c2ccc(C(=O)COC(=O)[C@@H](NC(=O)OC(C)(C)C)C(C)(C)C)cc2)cc1)C(C)(C)C. The number of Topliss-reactive ketones (excluding diaryl/α,β-unsaturated/α-hetero) is 1. The number of carbonyl (C=O) groups is 5. The van der Waals surface area contributed by atoms with E-state index in [2.05, 4.69) is 10.6 Å². The van der Waals surface area contributed by atoms with E-state index < -0.39 is 64.8 Å². The summed E-state index contributed by atoms with van der Waals surface area (Å²) in [6, 6.07) is 12.8. The van der Waals surface area contributed by atoms with E-state index in [4.69, 9.17) is 18.9 Å². The number of ether oxygens (including phenoxy) is 4. The fraction of sp³-hybridized carbons (Fsp3) is 0.553. The molecule has 11 nitrogen and oxygen atoms in total. The van der Waals surface area contributed by atoms with Gasteiger partial charge in [-0.1, -0.05) is 90.1 Å². The maximum absolute atomic E-state index is 12.9. The van der Waals surface area contributed by atoms with Gasteiger partial charge < -0.3 is 29.6 Å². The highest BCUT2D eigenvalue weighted by molar-refractivity contribution is 5.98. The van der Waals surface area contributed by atoms with E-state index in [1.54, 1.807) is 86.6 Å². The molecule has 2 N–H and O–H groups in total. The second kappa shape index (κ2) is 16.3. The maximum atomic E-state index is 12.9. The first-order chi connectivity index (χ1) is 22.4. The van der Waals surface area contributed by atoms with E-state index in [0.717, 1.165) is 16.7 Å². The molecule has 2 atom stereocenters. The molecular formula is C38H54N2O9. The molecule has 0 aromatic heterocycles. The first kappa shape index (κ1) is 40.8. The lowest BCUT2D eigenvalue weighted by Gasteiger charge is -2.30. The molecule has 2 rings (SSSR count). The van der Waals surface area contributed by atoms with Crippen molar-refractivity contribution in [2.24, 2.45) is 10.8 Å². The molecule has 0 saturated heterocycles. The maximum Gasteiger partial charge on any atom is 0.408 e. The molecule has 2 aromatic rings. The Balaban J connectivity index is 1.94. The Morgan fingerprint density at radius 3 is 1.35 bits per heavy atom. The molecule has 0 bridgehead atoms. The Hall–Kier alpha value is -4.41. The fourth-order valence-electron chi connectivity index (χ4n) is 4.48. The Kier molecular flexibility index (Phi) is 13.6. The molecule has 2 amide bonds. The Bertz CT molecular complexity index is 1450. The largest absolute Gasteiger partial charge is 0.464 e. The van der Waals surface area contributed by atoms with E-state index in [1.807, 2.05) is 45.0 Å². The number of amides is 2. The fourth-order valence-corrected chi connectivity index (χ4v) is 4.48. The minimum atomic E-state index is -1.02. The van der Waals surface area contributed by atoms with Gasteiger partial charge in [0.2, 0.25) is 0 Å². The van der Waals surface area contributed by atoms with Crippen LogP contribution in [-0.2, 0) is 35.0 Å². The molecular weight excluding hydrogens is 628 g/mol. The second-order valence-electron chi connectivity index (χ2n) is 16.1. The van der Waals surface area contributed by atoms with Crippen LogP contribution in [0.25, 0.3) is 11.1 Å². The van der Waals surface area contributed by atoms with E-state index in [9.17, 15) is 24.0 Å². The first-order valence-electron chi connectivity index (χ1n) is 16.4. The van der Waals surface area contributed by atoms with Crippen LogP contribution in [0.2, 0.25) is 0 Å². The summed E-state index contributed by atoms with van der Waals surface area (Å²) in [6.07, 6.45) is -0.952. The van der Waals surface area contributed by atoms with Crippen molar-refractivity contribution in [2.45, 2.75) is 113 Å². The van der Waals surface area contributed by atoms with Crippen LogP contribution >= 0.6 is 0 Å². The lowest BCUT2D eigenvalue weighted by atomic mass is 9.87. The molecule has 0 spiro atoms. The average Bonchev–Trinajstić information content (AvgIpc) is 2.94. The summed E-state index contributed by atoms with van der Waals surface area (Å²) in [4.78, 5) is 63.1. The minimum Gasteiger partial charge on any atom is -0.464 e. The molecule has 11 heteroatoms. The molecule has 2 aromatic carbocycles. The van der Waals surface area contributed by atoms with Crippen LogP contribution in [0.1, 0.15) is 99.0 Å². The number of ketones is 1. The first-order valence-corrected chi connectivity index (χ1v) is 16.4. The van der Waals surface area contributed by atoms with Crippen molar-refractivity contribution in [2.75, 3.05) is 13.2 Å². The van der Waals surface area contributed by atoms with Crippen LogP contribution in [0.3, 0.4) is 0 Å². The van der Waals surface area contributed by atoms with Crippen molar-refractivity contribution >= 4 is 29.9 Å². The molecule has 0 aliphatic rings. The molecule has 0 unspecified atom stereocenters. The van der Waals surface area contributed by atoms with Gasteiger partial charge >= 0.3 is 24.1 Å². The highest BCUT2D eigenvalue weighted by Gasteiger charge is 2.37. The van der Waals surface area contributed by atoms with Gasteiger partial charge in [-0.2, -0.15) is 0 Å². The third kappa shape index (κ3) is 14.3. The van der Waals surface area contributed by atoms with Crippen LogP contribution in [0.5, 0.6) is 0 Å². The van der Waals surface area contributed by atoms with E-state index in [1.165, 1.54) is 0 Å². The minimum absolute atomic E-state index is 0.135. The average molecular weight is 683 g/mol. The van der Waals surface area contributed by atoms with Crippen LogP contribution in [0.4, 0.5) is 9.59 Å². The quantitative estimate of drug-likeness (QED) is 0.145. The number of nitrogens with one attached hydrogen (secondary N) is 2. The summed E-state index contributed by atoms with van der Waals surface area (Å²) in [6.45, 7) is 20.9. The van der Waals surface area contributed by atoms with Crippen LogP contribution in [-0.4, -0.2) is 66.4 Å². The van der Waals surface area contributed by atoms with Gasteiger partial charge in [-0.25, -0.2) is 19.2 Å². The zero-order valence-corrected chi connectivity index (χ0v) is 31.1. The lowest BCUT2D eigenvalue weighted by Crippen LogP contribution is -2.51. The number of esters is 2. The number of rotatable bonds is 11. The third-order valence-corrected chi connectivity index (χ3v) is 7.00. The smallest absolute Gasteiger partial charge is 0.408 e. The van der Waals surface area contributed by atoms with Gasteiger partial charge in [0.25, 0.3) is 0 Å². The van der Waals surface area contributed by atoms with Crippen LogP contribution in [0, 0.1) is 10.8 Å². The molecule has 0 fully saturated rings. The standard InChI is InChI=1S/C38H54N2O9/c1-35(2,3)29(39-33(44)48-37(7,8)9)31(42)46-22-21-24-13-15-25(16-14-24)26-17-19-27(20-18-26)28(41)23-47-32(43)30(36(4,5)6)40-34(45)49-38(10,11)12/h13-20,29-30H,21-23H2,1-12H3,(H,39,44)(H,40,45)/t29-,30-/m1/s1. The second-order valence-corrected chi connectivity index (χ2v) is 16.1. The molecule has 0 aliphatic heterocycles. The Morgan fingerprint density at radius 1 is 0.571 bits per heavy atom. The van der Waals surface area contributed by atoms with Crippen molar-refractivity contribution in [1.82, 2.24) is 10.6 Å². The van der Waals surface area contributed by atoms with Crippen molar-refractivity contribution in [3.05, 3.63) is 59.7 Å². The molecule has 0 radical (unpaired) electrons. The summed E-state index contributed by atoms with van der Waals surface area (Å²) < 4.78 is 21.4. The van der Waals surface area contributed by atoms with E-state index in [-0.39, 0.29) is 12.4 Å². The van der Waals surface area contributed by atoms with Gasteiger partial charge in [-0.05, 0) is 69.1 Å². The predicted octanol–water partition coefficient (Wildman–Crippen LogP) is 7.04. The van der Waals surface area contributed by atoms with Crippen molar-refractivity contribution < 1.29 is 42.9 Å². The number of alkyl carbamates (subject to hydrolysis) is 2. The zero-order chi connectivity index (χ0) is 37.4. The van der Waals surface area contributed by atoms with Gasteiger partial charge in [0, 0.05) is 12.0 Å². The summed E-state index contributed by atoms with van der Waals surface area (Å²) >= 11 is 0. The molecule has 0 saturated carbocycles. The summed E-state index contributed by atoms with van der Waals surface area (Å²) in [5, 5.41) is 5.19. The van der Waals surface area contributed by atoms with Gasteiger partial charge in [0.05, 0.1) is 6.61 Å². The van der Waals surface area contributed by atoms with Crippen molar-refractivity contribution in [3.8, 4) is 11.1 Å². The van der Waals surface area contributed by atoms with E-state index in [0.29, 0.717) is 12.0 Å². The molecule has 0 aliphatic carbocycles. The third-order valence-electron chi connectivity index (χ3n) is 7.00. The highest BCUT2D eigenvalue weighted by atomic mass is 16.6. The van der Waals surface area contributed by atoms with E-state index >= 15 is 0 Å². The molecule has 49 heavy (non-hydrogen) atoms.